The summed E-state index contributed by atoms with van der Waals surface area (Å²) in [7, 11) is 0. The Balaban J connectivity index is 1.34. The van der Waals surface area contributed by atoms with E-state index in [2.05, 4.69) is 17.6 Å². The van der Waals surface area contributed by atoms with Crippen LogP contribution in [0.25, 0.3) is 0 Å². The van der Waals surface area contributed by atoms with Crippen molar-refractivity contribution < 1.29 is 9.59 Å². The van der Waals surface area contributed by atoms with E-state index in [4.69, 9.17) is 0 Å². The molecule has 2 aromatic rings. The molecule has 0 aliphatic heterocycles. The standard InChI is InChI=1S/C23H26N2O2/c1-15(21-14-16-7-8-19(21)13-16)24-22(26)18-9-11-20(12-10-18)25-23(27)17-5-3-2-4-6-17/h2-6,9-12,15-16,19,21H,7-8,13-14H2,1H3,(H,24,26)(H,25,27). The minimum Gasteiger partial charge on any atom is -0.349 e. The Morgan fingerprint density at radius 3 is 2.22 bits per heavy atom. The highest BCUT2D eigenvalue weighted by Gasteiger charge is 2.42. The lowest BCUT2D eigenvalue weighted by Crippen LogP contribution is -2.40. The third-order valence-corrected chi connectivity index (χ3v) is 6.23. The molecule has 2 aromatic carbocycles. The molecule has 2 aliphatic rings. The van der Waals surface area contributed by atoms with Crippen LogP contribution in [-0.2, 0) is 0 Å². The van der Waals surface area contributed by atoms with Crippen LogP contribution in [0.15, 0.2) is 54.6 Å². The normalized spacial score (nSPS) is 24.4. The molecule has 4 heteroatoms. The van der Waals surface area contributed by atoms with Crippen LogP contribution in [0.3, 0.4) is 0 Å². The third-order valence-electron chi connectivity index (χ3n) is 6.23. The van der Waals surface area contributed by atoms with E-state index in [1.54, 1.807) is 36.4 Å². The summed E-state index contributed by atoms with van der Waals surface area (Å²) in [5.74, 6) is 2.11. The summed E-state index contributed by atoms with van der Waals surface area (Å²) in [6.07, 6.45) is 5.31. The molecular weight excluding hydrogens is 336 g/mol. The van der Waals surface area contributed by atoms with Crippen molar-refractivity contribution >= 4 is 17.5 Å². The number of hydrogen-bond donors (Lipinski definition) is 2. The molecule has 2 aliphatic carbocycles. The van der Waals surface area contributed by atoms with E-state index in [0.717, 1.165) is 11.8 Å². The van der Waals surface area contributed by atoms with E-state index in [0.29, 0.717) is 22.7 Å². The van der Waals surface area contributed by atoms with Crippen molar-refractivity contribution in [2.75, 3.05) is 5.32 Å². The lowest BCUT2D eigenvalue weighted by atomic mass is 9.84. The van der Waals surface area contributed by atoms with Crippen molar-refractivity contribution in [2.24, 2.45) is 17.8 Å². The maximum atomic E-state index is 12.6. The first-order valence-corrected chi connectivity index (χ1v) is 9.87. The summed E-state index contributed by atoms with van der Waals surface area (Å²) in [6.45, 7) is 2.14. The summed E-state index contributed by atoms with van der Waals surface area (Å²) in [5, 5.41) is 6.04. The van der Waals surface area contributed by atoms with Gasteiger partial charge >= 0.3 is 0 Å². The number of carbonyl (C=O) groups excluding carboxylic acids is 2. The van der Waals surface area contributed by atoms with Crippen molar-refractivity contribution in [2.45, 2.75) is 38.6 Å². The lowest BCUT2D eigenvalue weighted by Gasteiger charge is -2.28. The Kier molecular flexibility index (Phi) is 4.97. The molecule has 4 unspecified atom stereocenters. The van der Waals surface area contributed by atoms with Crippen LogP contribution in [0.2, 0.25) is 0 Å². The topological polar surface area (TPSA) is 58.2 Å². The van der Waals surface area contributed by atoms with Gasteiger partial charge in [0, 0.05) is 22.9 Å². The van der Waals surface area contributed by atoms with E-state index in [-0.39, 0.29) is 17.9 Å². The number of hydrogen-bond acceptors (Lipinski definition) is 2. The molecular formula is C23H26N2O2. The fraction of sp³-hybridized carbons (Fsp3) is 0.391. The molecule has 2 N–H and O–H groups in total. The molecule has 4 atom stereocenters. The van der Waals surface area contributed by atoms with Gasteiger partial charge in [-0.2, -0.15) is 0 Å². The second kappa shape index (κ2) is 7.55. The van der Waals surface area contributed by atoms with Crippen LogP contribution >= 0.6 is 0 Å². The number of amides is 2. The summed E-state index contributed by atoms with van der Waals surface area (Å²) >= 11 is 0. The molecule has 0 radical (unpaired) electrons. The SMILES string of the molecule is CC(NC(=O)c1ccc(NC(=O)c2ccccc2)cc1)C1CC2CCC1C2. The molecule has 0 spiro atoms. The Hall–Kier alpha value is -2.62. The Labute approximate surface area is 160 Å². The van der Waals surface area contributed by atoms with Crippen LogP contribution in [0, 0.1) is 17.8 Å². The van der Waals surface area contributed by atoms with Gasteiger partial charge in [0.25, 0.3) is 11.8 Å². The number of nitrogens with one attached hydrogen (secondary N) is 2. The van der Waals surface area contributed by atoms with Crippen molar-refractivity contribution in [3.8, 4) is 0 Å². The first-order chi connectivity index (χ1) is 13.1. The van der Waals surface area contributed by atoms with E-state index < -0.39 is 0 Å². The summed E-state index contributed by atoms with van der Waals surface area (Å²) in [4.78, 5) is 24.8. The number of benzene rings is 2. The monoisotopic (exact) mass is 362 g/mol. The maximum Gasteiger partial charge on any atom is 0.255 e. The largest absolute Gasteiger partial charge is 0.349 e. The third kappa shape index (κ3) is 3.90. The summed E-state index contributed by atoms with van der Waals surface area (Å²) < 4.78 is 0. The average Bonchev–Trinajstić information content (AvgIpc) is 3.33. The molecule has 0 heterocycles. The number of rotatable bonds is 5. The van der Waals surface area contributed by atoms with E-state index in [1.807, 2.05) is 18.2 Å². The van der Waals surface area contributed by atoms with Gasteiger partial charge in [-0.25, -0.2) is 0 Å². The first-order valence-electron chi connectivity index (χ1n) is 9.87. The molecule has 2 amide bonds. The second-order valence-electron chi connectivity index (χ2n) is 8.00. The van der Waals surface area contributed by atoms with Gasteiger partial charge in [0.2, 0.25) is 0 Å². The van der Waals surface area contributed by atoms with Crippen LogP contribution in [-0.4, -0.2) is 17.9 Å². The van der Waals surface area contributed by atoms with Crippen LogP contribution in [0.4, 0.5) is 5.69 Å². The predicted octanol–water partition coefficient (Wildman–Crippen LogP) is 4.49. The minimum absolute atomic E-state index is 0.0359. The molecule has 140 valence electrons. The number of carbonyl (C=O) groups is 2. The van der Waals surface area contributed by atoms with Crippen molar-refractivity contribution in [3.05, 3.63) is 65.7 Å². The first kappa shape index (κ1) is 17.8. The molecule has 0 aromatic heterocycles. The van der Waals surface area contributed by atoms with Crippen LogP contribution in [0.5, 0.6) is 0 Å². The zero-order chi connectivity index (χ0) is 18.8. The van der Waals surface area contributed by atoms with Gasteiger partial charge in [-0.1, -0.05) is 24.6 Å². The van der Waals surface area contributed by atoms with Gasteiger partial charge in [0.15, 0.2) is 0 Å². The average molecular weight is 362 g/mol. The minimum atomic E-state index is -0.155. The molecule has 2 bridgehead atoms. The summed E-state index contributed by atoms with van der Waals surface area (Å²) in [6, 6.07) is 16.4. The van der Waals surface area contributed by atoms with Crippen molar-refractivity contribution in [1.82, 2.24) is 5.32 Å². The smallest absolute Gasteiger partial charge is 0.255 e. The highest BCUT2D eigenvalue weighted by molar-refractivity contribution is 6.04. The van der Waals surface area contributed by atoms with Crippen molar-refractivity contribution in [1.29, 1.82) is 0 Å². The van der Waals surface area contributed by atoms with E-state index >= 15 is 0 Å². The quantitative estimate of drug-likeness (QED) is 0.823. The molecule has 2 fully saturated rings. The van der Waals surface area contributed by atoms with Gasteiger partial charge < -0.3 is 10.6 Å². The van der Waals surface area contributed by atoms with Gasteiger partial charge in [-0.3, -0.25) is 9.59 Å². The van der Waals surface area contributed by atoms with E-state index in [1.165, 1.54) is 25.7 Å². The zero-order valence-corrected chi connectivity index (χ0v) is 15.7. The van der Waals surface area contributed by atoms with Crippen molar-refractivity contribution in [3.63, 3.8) is 0 Å². The highest BCUT2D eigenvalue weighted by atomic mass is 16.2. The van der Waals surface area contributed by atoms with Gasteiger partial charge in [0.1, 0.15) is 0 Å². The number of fused-ring (bicyclic) bond motifs is 2. The molecule has 2 saturated carbocycles. The zero-order valence-electron chi connectivity index (χ0n) is 15.7. The molecule has 4 rings (SSSR count). The Bertz CT molecular complexity index is 816. The van der Waals surface area contributed by atoms with Crippen LogP contribution < -0.4 is 10.6 Å². The predicted molar refractivity (Wildman–Crippen MR) is 107 cm³/mol. The maximum absolute atomic E-state index is 12.6. The van der Waals surface area contributed by atoms with Gasteiger partial charge in [-0.15, -0.1) is 0 Å². The van der Waals surface area contributed by atoms with E-state index in [9.17, 15) is 9.59 Å². The molecule has 4 nitrogen and oxygen atoms in total. The summed E-state index contributed by atoms with van der Waals surface area (Å²) in [5.41, 5.74) is 1.92. The Morgan fingerprint density at radius 1 is 0.889 bits per heavy atom. The lowest BCUT2D eigenvalue weighted by molar-refractivity contribution is 0.0915. The number of anilines is 1. The highest BCUT2D eigenvalue weighted by Crippen LogP contribution is 2.49. The fourth-order valence-corrected chi connectivity index (χ4v) is 4.80. The van der Waals surface area contributed by atoms with Crippen LogP contribution in [0.1, 0.15) is 53.3 Å². The molecule has 27 heavy (non-hydrogen) atoms. The molecule has 0 saturated heterocycles. The Morgan fingerprint density at radius 2 is 1.59 bits per heavy atom. The second-order valence-corrected chi connectivity index (χ2v) is 8.00. The van der Waals surface area contributed by atoms with Gasteiger partial charge in [-0.05, 0) is 80.3 Å². The van der Waals surface area contributed by atoms with Gasteiger partial charge in [0.05, 0.1) is 0 Å². The fourth-order valence-electron chi connectivity index (χ4n) is 4.80.